The van der Waals surface area contributed by atoms with E-state index in [0.29, 0.717) is 0 Å². The number of nitrogens with one attached hydrogen (secondary N) is 1. The normalized spacial score (nSPS) is 9.92. The van der Waals surface area contributed by atoms with E-state index in [2.05, 4.69) is 9.95 Å². The van der Waals surface area contributed by atoms with Crippen molar-refractivity contribution in [1.29, 1.82) is 5.26 Å². The molecule has 0 aliphatic rings. The average Bonchev–Trinajstić information content (AvgIpc) is 2.47. The molecule has 2 nitrogen and oxygen atoms in total. The van der Waals surface area contributed by atoms with Crippen molar-refractivity contribution in [3.8, 4) is 4.97 Å². The first-order valence-electron chi connectivity index (χ1n) is 3.54. The fourth-order valence-electron chi connectivity index (χ4n) is 1.15. The van der Waals surface area contributed by atoms with E-state index in [4.69, 9.17) is 5.26 Å². The van der Waals surface area contributed by atoms with Gasteiger partial charge in [0.2, 0.25) is 0 Å². The van der Waals surface area contributed by atoms with Crippen LogP contribution in [-0.4, -0.2) is 19.9 Å². The van der Waals surface area contributed by atoms with Crippen molar-refractivity contribution >= 4 is 30.5 Å². The van der Waals surface area contributed by atoms with E-state index >= 15 is 0 Å². The van der Waals surface area contributed by atoms with Gasteiger partial charge in [0, 0.05) is 0 Å². The molecule has 0 aliphatic heterocycles. The molecule has 1 N–H and O–H groups in total. The summed E-state index contributed by atoms with van der Waals surface area (Å²) in [6, 6.07) is 10.1. The van der Waals surface area contributed by atoms with Gasteiger partial charge in [-0.3, -0.25) is 0 Å². The van der Waals surface area contributed by atoms with Crippen molar-refractivity contribution < 1.29 is 0 Å². The van der Waals surface area contributed by atoms with Gasteiger partial charge in [-0.1, -0.05) is 0 Å². The van der Waals surface area contributed by atoms with Crippen LogP contribution in [0.4, 0.5) is 0 Å². The molecular formula is C9H6N2Se. The van der Waals surface area contributed by atoms with Crippen LogP contribution in [0.5, 0.6) is 0 Å². The van der Waals surface area contributed by atoms with Gasteiger partial charge >= 0.3 is 76.0 Å². The summed E-state index contributed by atoms with van der Waals surface area (Å²) in [5, 5.41) is 9.69. The number of rotatable bonds is 1. The van der Waals surface area contributed by atoms with Crippen molar-refractivity contribution in [1.82, 2.24) is 4.98 Å². The molecule has 0 amide bonds. The molecule has 1 aromatic heterocycles. The van der Waals surface area contributed by atoms with Crippen molar-refractivity contribution in [2.24, 2.45) is 0 Å². The van der Waals surface area contributed by atoms with Crippen molar-refractivity contribution in [3.05, 3.63) is 30.3 Å². The third-order valence-corrected chi connectivity index (χ3v) is 2.78. The van der Waals surface area contributed by atoms with Crippen molar-refractivity contribution in [3.63, 3.8) is 0 Å². The molecule has 0 saturated carbocycles. The van der Waals surface area contributed by atoms with Crippen LogP contribution in [0.15, 0.2) is 30.3 Å². The molecule has 2 rings (SSSR count). The predicted molar refractivity (Wildman–Crippen MR) is 49.3 cm³/mol. The number of hydrogen-bond acceptors (Lipinski definition) is 1. The molecule has 0 fully saturated rings. The third-order valence-electron chi connectivity index (χ3n) is 1.66. The molecule has 12 heavy (non-hydrogen) atoms. The Balaban J connectivity index is 2.56. The predicted octanol–water partition coefficient (Wildman–Crippen LogP) is 0.978. The topological polar surface area (TPSA) is 39.6 Å². The number of aromatic nitrogens is 1. The molecule has 0 unspecified atom stereocenters. The summed E-state index contributed by atoms with van der Waals surface area (Å²) in [6.45, 7) is 0. The summed E-state index contributed by atoms with van der Waals surface area (Å²) in [5.41, 5.74) is 1.12. The summed E-state index contributed by atoms with van der Waals surface area (Å²) in [7, 11) is 0. The minimum absolute atomic E-state index is 0.0704. The van der Waals surface area contributed by atoms with Gasteiger partial charge in [0.15, 0.2) is 0 Å². The number of benzene rings is 1. The zero-order chi connectivity index (χ0) is 8.39. The first-order valence-corrected chi connectivity index (χ1v) is 5.25. The Kier molecular flexibility index (Phi) is 1.87. The Morgan fingerprint density at radius 1 is 1.33 bits per heavy atom. The molecule has 58 valence electrons. The number of nitriles is 1. The van der Waals surface area contributed by atoms with Gasteiger partial charge in [0.25, 0.3) is 0 Å². The Hall–Kier alpha value is -1.23. The fraction of sp³-hybridized carbons (Fsp3) is 0. The summed E-state index contributed by atoms with van der Waals surface area (Å²) in [4.78, 5) is 5.38. The van der Waals surface area contributed by atoms with Crippen LogP contribution in [0.1, 0.15) is 0 Å². The van der Waals surface area contributed by atoms with Crippen LogP contribution in [0, 0.1) is 10.2 Å². The quantitative estimate of drug-likeness (QED) is 0.716. The SMILES string of the molecule is N#C[Se]c1cc2ccccc2[nH]1. The van der Waals surface area contributed by atoms with Crippen LogP contribution in [0.3, 0.4) is 0 Å². The monoisotopic (exact) mass is 222 g/mol. The number of fused-ring (bicyclic) bond motifs is 1. The Bertz CT molecular complexity index is 406. The second kappa shape index (κ2) is 3.02. The Morgan fingerprint density at radius 3 is 2.92 bits per heavy atom. The molecule has 0 radical (unpaired) electrons. The van der Waals surface area contributed by atoms with Gasteiger partial charge in [-0.15, -0.1) is 0 Å². The number of H-pyrrole nitrogens is 1. The van der Waals surface area contributed by atoms with Crippen LogP contribution < -0.4 is 4.59 Å². The van der Waals surface area contributed by atoms with Gasteiger partial charge in [0.05, 0.1) is 0 Å². The van der Waals surface area contributed by atoms with Crippen LogP contribution in [-0.2, 0) is 0 Å². The first kappa shape index (κ1) is 7.42. The summed E-state index contributed by atoms with van der Waals surface area (Å²) >= 11 is -0.0704. The van der Waals surface area contributed by atoms with Crippen LogP contribution in [0.25, 0.3) is 10.9 Å². The first-order chi connectivity index (χ1) is 5.90. The number of para-hydroxylation sites is 1. The Labute approximate surface area is 76.4 Å². The van der Waals surface area contributed by atoms with Crippen molar-refractivity contribution in [2.75, 3.05) is 0 Å². The molecular weight excluding hydrogens is 215 g/mol. The summed E-state index contributed by atoms with van der Waals surface area (Å²) < 4.78 is 1.05. The van der Waals surface area contributed by atoms with E-state index < -0.39 is 0 Å². The van der Waals surface area contributed by atoms with Crippen LogP contribution in [0.2, 0.25) is 0 Å². The second-order valence-electron chi connectivity index (χ2n) is 2.41. The number of hydrogen-bond donors (Lipinski definition) is 1. The van der Waals surface area contributed by atoms with Crippen LogP contribution >= 0.6 is 0 Å². The Morgan fingerprint density at radius 2 is 2.17 bits per heavy atom. The zero-order valence-electron chi connectivity index (χ0n) is 6.24. The fourth-order valence-corrected chi connectivity index (χ4v) is 2.09. The van der Waals surface area contributed by atoms with E-state index in [1.54, 1.807) is 0 Å². The second-order valence-corrected chi connectivity index (χ2v) is 4.15. The summed E-state index contributed by atoms with van der Waals surface area (Å²) in [6.07, 6.45) is 0. The number of aromatic amines is 1. The van der Waals surface area contributed by atoms with Gasteiger partial charge in [-0.05, 0) is 0 Å². The van der Waals surface area contributed by atoms with Gasteiger partial charge in [0.1, 0.15) is 0 Å². The van der Waals surface area contributed by atoms with E-state index in [1.807, 2.05) is 30.3 Å². The van der Waals surface area contributed by atoms with Crippen molar-refractivity contribution in [2.45, 2.75) is 0 Å². The van der Waals surface area contributed by atoms with E-state index in [-0.39, 0.29) is 15.0 Å². The minimum atomic E-state index is -0.0704. The molecule has 0 aliphatic carbocycles. The standard InChI is InChI=1S/C9H6N2Se/c10-6-12-9-5-7-3-1-2-4-8(7)11-9/h1-5,11H. The van der Waals surface area contributed by atoms with E-state index in [9.17, 15) is 0 Å². The maximum atomic E-state index is 8.50. The zero-order valence-corrected chi connectivity index (χ0v) is 7.96. The summed E-state index contributed by atoms with van der Waals surface area (Å²) in [5.74, 6) is 0. The average molecular weight is 221 g/mol. The third kappa shape index (κ3) is 1.23. The molecule has 2 aromatic rings. The molecule has 0 saturated heterocycles. The molecule has 0 spiro atoms. The molecule has 1 heterocycles. The van der Waals surface area contributed by atoms with Gasteiger partial charge in [-0.25, -0.2) is 0 Å². The van der Waals surface area contributed by atoms with Gasteiger partial charge < -0.3 is 0 Å². The van der Waals surface area contributed by atoms with Gasteiger partial charge in [-0.2, -0.15) is 0 Å². The molecule has 1 aromatic carbocycles. The number of nitrogens with zero attached hydrogens (tertiary/aromatic N) is 1. The van der Waals surface area contributed by atoms with E-state index in [1.165, 1.54) is 5.39 Å². The molecule has 3 heteroatoms. The molecule has 0 atom stereocenters. The molecule has 0 bridgehead atoms. The van der Waals surface area contributed by atoms with E-state index in [0.717, 1.165) is 10.1 Å². The maximum absolute atomic E-state index is 8.50.